The van der Waals surface area contributed by atoms with Gasteiger partial charge in [0.2, 0.25) is 5.95 Å². The summed E-state index contributed by atoms with van der Waals surface area (Å²) in [5, 5.41) is 0. The molecule has 0 fully saturated rings. The summed E-state index contributed by atoms with van der Waals surface area (Å²) in [5.74, 6) is -0.0884. The molecule has 2 aromatic rings. The maximum atomic E-state index is 13.0. The standard InChI is InChI=1S/C12H11F3N4/c1-6-9(18-11(17)19-10(6)16)7-4-2-3-5-8(7)12(13,14)15/h2-5H,1H3,(H4,16,17,18,19). The number of benzene rings is 1. The lowest BCUT2D eigenvalue weighted by molar-refractivity contribution is -0.137. The Hall–Kier alpha value is -2.31. The normalized spacial score (nSPS) is 11.6. The molecule has 0 aliphatic carbocycles. The van der Waals surface area contributed by atoms with Crippen molar-refractivity contribution in [2.75, 3.05) is 11.5 Å². The van der Waals surface area contributed by atoms with Crippen LogP contribution in [0.4, 0.5) is 24.9 Å². The first kappa shape index (κ1) is 13.1. The minimum atomic E-state index is -4.47. The number of aromatic nitrogens is 2. The molecule has 4 nitrogen and oxygen atoms in total. The number of nitrogens with zero attached hydrogens (tertiary/aromatic N) is 2. The highest BCUT2D eigenvalue weighted by atomic mass is 19.4. The highest BCUT2D eigenvalue weighted by molar-refractivity contribution is 5.71. The summed E-state index contributed by atoms with van der Waals surface area (Å²) in [5.41, 5.74) is 10.7. The summed E-state index contributed by atoms with van der Waals surface area (Å²) < 4.78 is 38.9. The van der Waals surface area contributed by atoms with Gasteiger partial charge in [0, 0.05) is 11.1 Å². The van der Waals surface area contributed by atoms with E-state index in [4.69, 9.17) is 11.5 Å². The van der Waals surface area contributed by atoms with E-state index in [2.05, 4.69) is 9.97 Å². The van der Waals surface area contributed by atoms with Crippen molar-refractivity contribution >= 4 is 11.8 Å². The third-order valence-corrected chi connectivity index (χ3v) is 2.69. The van der Waals surface area contributed by atoms with Gasteiger partial charge in [-0.05, 0) is 13.0 Å². The molecule has 0 bridgehead atoms. The second-order valence-corrected chi connectivity index (χ2v) is 3.98. The molecule has 2 rings (SSSR count). The van der Waals surface area contributed by atoms with Gasteiger partial charge in [0.15, 0.2) is 0 Å². The van der Waals surface area contributed by atoms with E-state index in [0.717, 1.165) is 6.07 Å². The summed E-state index contributed by atoms with van der Waals surface area (Å²) in [6.07, 6.45) is -4.47. The van der Waals surface area contributed by atoms with Gasteiger partial charge < -0.3 is 11.5 Å². The fourth-order valence-corrected chi connectivity index (χ4v) is 1.75. The van der Waals surface area contributed by atoms with Crippen molar-refractivity contribution in [1.29, 1.82) is 0 Å². The highest BCUT2D eigenvalue weighted by Crippen LogP contribution is 2.37. The molecule has 0 amide bonds. The van der Waals surface area contributed by atoms with E-state index in [1.807, 2.05) is 0 Å². The summed E-state index contributed by atoms with van der Waals surface area (Å²) in [7, 11) is 0. The second-order valence-electron chi connectivity index (χ2n) is 3.98. The van der Waals surface area contributed by atoms with Crippen molar-refractivity contribution < 1.29 is 13.2 Å². The Morgan fingerprint density at radius 2 is 1.68 bits per heavy atom. The summed E-state index contributed by atoms with van der Waals surface area (Å²) >= 11 is 0. The minimum absolute atomic E-state index is 0.0618. The highest BCUT2D eigenvalue weighted by Gasteiger charge is 2.34. The average molecular weight is 268 g/mol. The van der Waals surface area contributed by atoms with Crippen molar-refractivity contribution in [1.82, 2.24) is 9.97 Å². The molecule has 0 unspecified atom stereocenters. The first-order chi connectivity index (χ1) is 8.80. The number of nitrogen functional groups attached to an aromatic ring is 2. The molecule has 0 spiro atoms. The number of hydrogen-bond donors (Lipinski definition) is 2. The molecule has 0 saturated heterocycles. The molecule has 0 saturated carbocycles. The maximum Gasteiger partial charge on any atom is 0.417 e. The first-order valence-corrected chi connectivity index (χ1v) is 5.37. The number of hydrogen-bond acceptors (Lipinski definition) is 4. The molecule has 7 heteroatoms. The molecular weight excluding hydrogens is 257 g/mol. The zero-order valence-electron chi connectivity index (χ0n) is 9.99. The third kappa shape index (κ3) is 2.44. The van der Waals surface area contributed by atoms with Crippen LogP contribution in [0, 0.1) is 6.92 Å². The topological polar surface area (TPSA) is 77.8 Å². The quantitative estimate of drug-likeness (QED) is 0.833. The van der Waals surface area contributed by atoms with Crippen molar-refractivity contribution in [2.24, 2.45) is 0 Å². The van der Waals surface area contributed by atoms with Crippen LogP contribution in [0.15, 0.2) is 24.3 Å². The number of nitrogens with two attached hydrogens (primary N) is 2. The van der Waals surface area contributed by atoms with Crippen LogP contribution in [-0.2, 0) is 6.18 Å². The molecule has 1 heterocycles. The van der Waals surface area contributed by atoms with E-state index >= 15 is 0 Å². The third-order valence-electron chi connectivity index (χ3n) is 2.69. The zero-order valence-corrected chi connectivity index (χ0v) is 9.99. The van der Waals surface area contributed by atoms with Crippen LogP contribution < -0.4 is 11.5 Å². The van der Waals surface area contributed by atoms with Crippen molar-refractivity contribution in [3.8, 4) is 11.3 Å². The van der Waals surface area contributed by atoms with Crippen LogP contribution in [-0.4, -0.2) is 9.97 Å². The van der Waals surface area contributed by atoms with Gasteiger partial charge in [-0.25, -0.2) is 4.98 Å². The number of halogens is 3. The fourth-order valence-electron chi connectivity index (χ4n) is 1.75. The van der Waals surface area contributed by atoms with Gasteiger partial charge in [-0.15, -0.1) is 0 Å². The van der Waals surface area contributed by atoms with E-state index in [1.54, 1.807) is 6.92 Å². The van der Waals surface area contributed by atoms with Crippen LogP contribution in [0.1, 0.15) is 11.1 Å². The zero-order chi connectivity index (χ0) is 14.2. The Bertz CT molecular complexity index is 623. The predicted molar refractivity (Wildman–Crippen MR) is 66.0 cm³/mol. The molecule has 0 aliphatic rings. The molecule has 19 heavy (non-hydrogen) atoms. The van der Waals surface area contributed by atoms with Gasteiger partial charge in [-0.3, -0.25) is 0 Å². The number of anilines is 2. The van der Waals surface area contributed by atoms with Crippen LogP contribution >= 0.6 is 0 Å². The van der Waals surface area contributed by atoms with Gasteiger partial charge in [-0.2, -0.15) is 18.2 Å². The van der Waals surface area contributed by atoms with Crippen LogP contribution in [0.2, 0.25) is 0 Å². The van der Waals surface area contributed by atoms with E-state index in [0.29, 0.717) is 5.56 Å². The molecule has 4 N–H and O–H groups in total. The van der Waals surface area contributed by atoms with Crippen LogP contribution in [0.25, 0.3) is 11.3 Å². The largest absolute Gasteiger partial charge is 0.417 e. The van der Waals surface area contributed by atoms with Crippen molar-refractivity contribution in [3.63, 3.8) is 0 Å². The van der Waals surface area contributed by atoms with Crippen LogP contribution in [0.5, 0.6) is 0 Å². The second kappa shape index (κ2) is 4.42. The summed E-state index contributed by atoms with van der Waals surface area (Å²) in [6.45, 7) is 1.55. The molecule has 0 atom stereocenters. The number of alkyl halides is 3. The molecule has 1 aromatic carbocycles. The monoisotopic (exact) mass is 268 g/mol. The Morgan fingerprint density at radius 1 is 1.05 bits per heavy atom. The van der Waals surface area contributed by atoms with Gasteiger partial charge in [0.05, 0.1) is 11.3 Å². The Labute approximate surface area is 107 Å². The lowest BCUT2D eigenvalue weighted by Gasteiger charge is -2.14. The summed E-state index contributed by atoms with van der Waals surface area (Å²) in [6, 6.07) is 5.13. The Balaban J connectivity index is 2.73. The SMILES string of the molecule is Cc1c(N)nc(N)nc1-c1ccccc1C(F)(F)F. The first-order valence-electron chi connectivity index (χ1n) is 5.37. The predicted octanol–water partition coefficient (Wildman–Crippen LogP) is 2.64. The van der Waals surface area contributed by atoms with Gasteiger partial charge in [0.1, 0.15) is 5.82 Å². The van der Waals surface area contributed by atoms with Gasteiger partial charge in [0.25, 0.3) is 0 Å². The fraction of sp³-hybridized carbons (Fsp3) is 0.167. The minimum Gasteiger partial charge on any atom is -0.383 e. The maximum absolute atomic E-state index is 13.0. The van der Waals surface area contributed by atoms with Crippen molar-refractivity contribution in [2.45, 2.75) is 13.1 Å². The molecule has 100 valence electrons. The van der Waals surface area contributed by atoms with E-state index < -0.39 is 11.7 Å². The average Bonchev–Trinajstić information content (AvgIpc) is 2.33. The van der Waals surface area contributed by atoms with E-state index in [9.17, 15) is 13.2 Å². The Morgan fingerprint density at radius 3 is 2.32 bits per heavy atom. The van der Waals surface area contributed by atoms with Gasteiger partial charge in [-0.1, -0.05) is 18.2 Å². The molecule has 0 radical (unpaired) electrons. The van der Waals surface area contributed by atoms with Crippen molar-refractivity contribution in [3.05, 3.63) is 35.4 Å². The van der Waals surface area contributed by atoms with Gasteiger partial charge >= 0.3 is 6.18 Å². The summed E-state index contributed by atoms with van der Waals surface area (Å²) in [4.78, 5) is 7.58. The smallest absolute Gasteiger partial charge is 0.383 e. The lowest BCUT2D eigenvalue weighted by atomic mass is 10.0. The lowest BCUT2D eigenvalue weighted by Crippen LogP contribution is -2.10. The Kier molecular flexibility index (Phi) is 3.05. The van der Waals surface area contributed by atoms with E-state index in [-0.39, 0.29) is 23.0 Å². The molecule has 1 aromatic heterocycles. The van der Waals surface area contributed by atoms with Crippen LogP contribution in [0.3, 0.4) is 0 Å². The van der Waals surface area contributed by atoms with E-state index in [1.165, 1.54) is 18.2 Å². The molecule has 0 aliphatic heterocycles. The number of rotatable bonds is 1. The molecular formula is C12H11F3N4.